The number of aromatic nitrogens is 1. The molecule has 2 atom stereocenters. The van der Waals surface area contributed by atoms with Gasteiger partial charge in [0.25, 0.3) is 5.91 Å². The first-order valence-corrected chi connectivity index (χ1v) is 7.34. The highest BCUT2D eigenvalue weighted by atomic mass is 32.1. The second-order valence-corrected chi connectivity index (χ2v) is 5.83. The summed E-state index contributed by atoms with van der Waals surface area (Å²) in [5, 5.41) is 4.04. The second-order valence-electron chi connectivity index (χ2n) is 4.74. The number of carbonyl (C=O) groups is 1. The van der Waals surface area contributed by atoms with E-state index in [2.05, 4.69) is 10.3 Å². The van der Waals surface area contributed by atoms with Crippen LogP contribution in [0.2, 0.25) is 0 Å². The molecule has 1 aliphatic heterocycles. The van der Waals surface area contributed by atoms with Gasteiger partial charge in [0.1, 0.15) is 0 Å². The van der Waals surface area contributed by atoms with Gasteiger partial charge in [0.05, 0.1) is 28.3 Å². The topological polar surface area (TPSA) is 60.5 Å². The van der Waals surface area contributed by atoms with Gasteiger partial charge in [-0.05, 0) is 23.9 Å². The van der Waals surface area contributed by atoms with Crippen molar-refractivity contribution in [2.24, 2.45) is 0 Å². The molecule has 106 valence electrons. The van der Waals surface area contributed by atoms with Crippen LogP contribution in [0.3, 0.4) is 0 Å². The molecule has 0 spiro atoms. The summed E-state index contributed by atoms with van der Waals surface area (Å²) in [5.74, 6) is -0.0799. The molecule has 3 rings (SSSR count). The van der Waals surface area contributed by atoms with Crippen molar-refractivity contribution in [3.63, 3.8) is 0 Å². The lowest BCUT2D eigenvalue weighted by Gasteiger charge is -2.30. The van der Waals surface area contributed by atoms with Gasteiger partial charge in [0, 0.05) is 26.1 Å². The van der Waals surface area contributed by atoms with Crippen LogP contribution in [0.1, 0.15) is 16.1 Å². The number of fused-ring (bicyclic) bond motifs is 1. The third-order valence-corrected chi connectivity index (χ3v) is 4.54. The highest BCUT2D eigenvalue weighted by molar-refractivity contribution is 7.20. The summed E-state index contributed by atoms with van der Waals surface area (Å²) < 4.78 is 11.8. The Morgan fingerprint density at radius 3 is 3.30 bits per heavy atom. The van der Waals surface area contributed by atoms with Crippen LogP contribution in [-0.4, -0.2) is 43.4 Å². The summed E-state index contributed by atoms with van der Waals surface area (Å²) in [5.41, 5.74) is 0. The maximum Gasteiger partial charge on any atom is 0.261 e. The number of pyridine rings is 1. The molecule has 0 aromatic carbocycles. The van der Waals surface area contributed by atoms with Crippen LogP contribution in [0.25, 0.3) is 10.1 Å². The lowest BCUT2D eigenvalue weighted by Crippen LogP contribution is -2.50. The number of nitrogens with zero attached hydrogens (tertiary/aromatic N) is 1. The number of methoxy groups -OCH3 is 1. The summed E-state index contributed by atoms with van der Waals surface area (Å²) in [6, 6.07) is 3.71. The molecule has 0 saturated carbocycles. The molecule has 2 aromatic heterocycles. The number of nitrogens with one attached hydrogen (secondary N) is 1. The minimum atomic E-state index is -0.0930. The molecule has 0 radical (unpaired) electrons. The molecule has 20 heavy (non-hydrogen) atoms. The fraction of sp³-hybridized carbons (Fsp3) is 0.429. The van der Waals surface area contributed by atoms with Crippen molar-refractivity contribution in [1.82, 2.24) is 10.3 Å². The average molecular weight is 292 g/mol. The molecule has 1 aliphatic rings. The SMILES string of the molecule is CO[C@@H]1CCOC[C@H]1NC(=O)c1cc2ccncc2s1. The van der Waals surface area contributed by atoms with Crippen molar-refractivity contribution in [1.29, 1.82) is 0 Å². The zero-order valence-corrected chi connectivity index (χ0v) is 12.0. The van der Waals surface area contributed by atoms with E-state index in [0.717, 1.165) is 16.5 Å². The number of hydrogen-bond donors (Lipinski definition) is 1. The molecule has 0 unspecified atom stereocenters. The minimum Gasteiger partial charge on any atom is -0.379 e. The minimum absolute atomic E-state index is 0.0174. The Morgan fingerprint density at radius 2 is 2.50 bits per heavy atom. The predicted octanol–water partition coefficient (Wildman–Crippen LogP) is 1.83. The van der Waals surface area contributed by atoms with Gasteiger partial charge >= 0.3 is 0 Å². The van der Waals surface area contributed by atoms with Crippen LogP contribution < -0.4 is 5.32 Å². The van der Waals surface area contributed by atoms with Gasteiger partial charge in [-0.2, -0.15) is 0 Å². The van der Waals surface area contributed by atoms with Gasteiger partial charge in [0.2, 0.25) is 0 Å². The lowest BCUT2D eigenvalue weighted by molar-refractivity contribution is -0.0348. The fourth-order valence-corrected chi connectivity index (χ4v) is 3.30. The Hall–Kier alpha value is -1.50. The summed E-state index contributed by atoms with van der Waals surface area (Å²) in [7, 11) is 1.67. The van der Waals surface area contributed by atoms with E-state index in [-0.39, 0.29) is 18.1 Å². The third-order valence-electron chi connectivity index (χ3n) is 3.46. The lowest BCUT2D eigenvalue weighted by atomic mass is 10.1. The van der Waals surface area contributed by atoms with Gasteiger partial charge < -0.3 is 14.8 Å². The molecule has 6 heteroatoms. The Labute approximate surface area is 120 Å². The quantitative estimate of drug-likeness (QED) is 0.937. The number of rotatable bonds is 3. The molecule has 1 fully saturated rings. The summed E-state index contributed by atoms with van der Waals surface area (Å²) in [6.07, 6.45) is 4.33. The van der Waals surface area contributed by atoms with Crippen LogP contribution in [0.15, 0.2) is 24.5 Å². The van der Waals surface area contributed by atoms with Gasteiger partial charge in [-0.15, -0.1) is 11.3 Å². The first kappa shape index (κ1) is 13.5. The normalized spacial score (nSPS) is 22.9. The van der Waals surface area contributed by atoms with E-state index in [4.69, 9.17) is 9.47 Å². The van der Waals surface area contributed by atoms with E-state index in [1.807, 2.05) is 12.1 Å². The molecule has 1 amide bonds. The van der Waals surface area contributed by atoms with E-state index in [9.17, 15) is 4.79 Å². The van der Waals surface area contributed by atoms with Crippen LogP contribution in [0.5, 0.6) is 0 Å². The number of thiophene rings is 1. The Morgan fingerprint density at radius 1 is 1.60 bits per heavy atom. The van der Waals surface area contributed by atoms with Crippen LogP contribution >= 0.6 is 11.3 Å². The summed E-state index contributed by atoms with van der Waals surface area (Å²) in [4.78, 5) is 17.1. The summed E-state index contributed by atoms with van der Waals surface area (Å²) in [6.45, 7) is 1.18. The third kappa shape index (κ3) is 2.67. The first-order chi connectivity index (χ1) is 9.78. The molecular weight excluding hydrogens is 276 g/mol. The van der Waals surface area contributed by atoms with Crippen LogP contribution in [0, 0.1) is 0 Å². The Bertz CT molecular complexity index is 580. The molecule has 5 nitrogen and oxygen atoms in total. The van der Waals surface area contributed by atoms with E-state index in [1.165, 1.54) is 11.3 Å². The molecule has 0 bridgehead atoms. The number of ether oxygens (including phenoxy) is 2. The average Bonchev–Trinajstić information content (AvgIpc) is 2.92. The molecule has 3 heterocycles. The zero-order valence-electron chi connectivity index (χ0n) is 11.2. The second kappa shape index (κ2) is 5.87. The molecule has 1 N–H and O–H groups in total. The molecule has 2 aromatic rings. The number of hydrogen-bond acceptors (Lipinski definition) is 5. The van der Waals surface area contributed by atoms with E-state index >= 15 is 0 Å². The van der Waals surface area contributed by atoms with Crippen molar-refractivity contribution >= 4 is 27.3 Å². The van der Waals surface area contributed by atoms with Gasteiger partial charge in [-0.25, -0.2) is 0 Å². The van der Waals surface area contributed by atoms with Gasteiger partial charge in [-0.1, -0.05) is 0 Å². The first-order valence-electron chi connectivity index (χ1n) is 6.53. The van der Waals surface area contributed by atoms with Crippen molar-refractivity contribution < 1.29 is 14.3 Å². The largest absolute Gasteiger partial charge is 0.379 e. The van der Waals surface area contributed by atoms with Gasteiger partial charge in [0.15, 0.2) is 0 Å². The monoisotopic (exact) mass is 292 g/mol. The fourth-order valence-electron chi connectivity index (χ4n) is 2.37. The zero-order chi connectivity index (χ0) is 13.9. The maximum atomic E-state index is 12.3. The van der Waals surface area contributed by atoms with E-state index in [1.54, 1.807) is 19.5 Å². The van der Waals surface area contributed by atoms with Crippen LogP contribution in [0.4, 0.5) is 0 Å². The number of carbonyl (C=O) groups excluding carboxylic acids is 1. The molecule has 0 aliphatic carbocycles. The van der Waals surface area contributed by atoms with Crippen molar-refractivity contribution in [2.45, 2.75) is 18.6 Å². The van der Waals surface area contributed by atoms with Crippen LogP contribution in [-0.2, 0) is 9.47 Å². The highest BCUT2D eigenvalue weighted by Crippen LogP contribution is 2.24. The highest BCUT2D eigenvalue weighted by Gasteiger charge is 2.27. The summed E-state index contributed by atoms with van der Waals surface area (Å²) >= 11 is 1.45. The Kier molecular flexibility index (Phi) is 3.95. The smallest absolute Gasteiger partial charge is 0.261 e. The van der Waals surface area contributed by atoms with Crippen molar-refractivity contribution in [2.75, 3.05) is 20.3 Å². The van der Waals surface area contributed by atoms with E-state index < -0.39 is 0 Å². The van der Waals surface area contributed by atoms with Gasteiger partial charge in [-0.3, -0.25) is 9.78 Å². The van der Waals surface area contributed by atoms with Crippen molar-refractivity contribution in [3.8, 4) is 0 Å². The molecule has 1 saturated heterocycles. The number of amides is 1. The predicted molar refractivity (Wildman–Crippen MR) is 77.1 cm³/mol. The standard InChI is InChI=1S/C14H16N2O3S/c1-18-11-3-5-19-8-10(11)16-14(17)12-6-9-2-4-15-7-13(9)20-12/h2,4,6-7,10-11H,3,5,8H2,1H3,(H,16,17)/t10-,11-/m1/s1. The molecular formula is C14H16N2O3S. The van der Waals surface area contributed by atoms with Crippen molar-refractivity contribution in [3.05, 3.63) is 29.4 Å². The maximum absolute atomic E-state index is 12.3. The Balaban J connectivity index is 1.75. The van der Waals surface area contributed by atoms with E-state index in [0.29, 0.717) is 18.1 Å².